The molecule has 2 aliphatic rings. The molecule has 1 unspecified atom stereocenters. The molecule has 1 fully saturated rings. The van der Waals surface area contributed by atoms with E-state index in [4.69, 9.17) is 9.47 Å². The van der Waals surface area contributed by atoms with Gasteiger partial charge in [0.25, 0.3) is 0 Å². The van der Waals surface area contributed by atoms with Crippen molar-refractivity contribution in [3.05, 3.63) is 29.3 Å². The first-order chi connectivity index (χ1) is 13.1. The number of amides is 1. The van der Waals surface area contributed by atoms with Crippen molar-refractivity contribution in [1.29, 1.82) is 0 Å². The highest BCUT2D eigenvalue weighted by Gasteiger charge is 2.34. The average Bonchev–Trinajstić information content (AvgIpc) is 2.68. The minimum Gasteiger partial charge on any atom is -0.496 e. The van der Waals surface area contributed by atoms with Gasteiger partial charge in [0.05, 0.1) is 31.9 Å². The molecule has 150 valence electrons. The fourth-order valence-electron chi connectivity index (χ4n) is 4.44. The summed E-state index contributed by atoms with van der Waals surface area (Å²) in [6.07, 6.45) is 5.75. The largest absolute Gasteiger partial charge is 0.496 e. The van der Waals surface area contributed by atoms with Gasteiger partial charge in [0.2, 0.25) is 5.91 Å². The number of methoxy groups -OCH3 is 2. The van der Waals surface area contributed by atoms with Gasteiger partial charge >= 0.3 is 0 Å². The molecule has 0 radical (unpaired) electrons. The molecule has 1 heterocycles. The molecule has 6 heteroatoms. The molecule has 1 aromatic carbocycles. The lowest BCUT2D eigenvalue weighted by atomic mass is 9.85. The second-order valence-electron chi connectivity index (χ2n) is 7.73. The van der Waals surface area contributed by atoms with Crippen molar-refractivity contribution in [3.63, 3.8) is 0 Å². The third-order valence-corrected chi connectivity index (χ3v) is 5.87. The summed E-state index contributed by atoms with van der Waals surface area (Å²) < 4.78 is 11.0. The number of aliphatic hydroxyl groups is 1. The highest BCUT2D eigenvalue weighted by Crippen LogP contribution is 2.36. The molecular weight excluding hydrogens is 344 g/mol. The molecule has 0 aromatic heterocycles. The summed E-state index contributed by atoms with van der Waals surface area (Å²) in [5.41, 5.74) is 1.60. The number of ether oxygens (including phenoxy) is 2. The second kappa shape index (κ2) is 9.04. The van der Waals surface area contributed by atoms with Crippen LogP contribution in [-0.4, -0.2) is 62.0 Å². The van der Waals surface area contributed by atoms with E-state index < -0.39 is 5.60 Å². The molecule has 1 aromatic rings. The Morgan fingerprint density at radius 3 is 2.78 bits per heavy atom. The number of benzene rings is 1. The first-order valence-electron chi connectivity index (χ1n) is 9.95. The molecule has 1 atom stereocenters. The summed E-state index contributed by atoms with van der Waals surface area (Å²) >= 11 is 0. The normalized spacial score (nSPS) is 21.6. The maximum Gasteiger partial charge on any atom is 0.237 e. The zero-order valence-corrected chi connectivity index (χ0v) is 16.5. The molecule has 1 aliphatic heterocycles. The van der Waals surface area contributed by atoms with E-state index in [1.165, 1.54) is 12.0 Å². The van der Waals surface area contributed by atoms with Gasteiger partial charge in [0, 0.05) is 25.8 Å². The Kier molecular flexibility index (Phi) is 6.73. The van der Waals surface area contributed by atoms with Crippen molar-refractivity contribution in [2.45, 2.75) is 50.2 Å². The molecule has 3 rings (SSSR count). The Labute approximate surface area is 161 Å². The number of hydrogen-bond acceptors (Lipinski definition) is 5. The predicted molar refractivity (Wildman–Crippen MR) is 104 cm³/mol. The lowest BCUT2D eigenvalue weighted by Gasteiger charge is -2.38. The number of carbonyl (C=O) groups excluding carboxylic acids is 1. The molecular formula is C21H32N2O4. The van der Waals surface area contributed by atoms with E-state index >= 15 is 0 Å². The molecule has 27 heavy (non-hydrogen) atoms. The third-order valence-electron chi connectivity index (χ3n) is 5.87. The topological polar surface area (TPSA) is 71.0 Å². The maximum atomic E-state index is 12.9. The van der Waals surface area contributed by atoms with Crippen LogP contribution in [0.5, 0.6) is 5.75 Å². The van der Waals surface area contributed by atoms with E-state index in [0.717, 1.165) is 43.4 Å². The van der Waals surface area contributed by atoms with Crippen molar-refractivity contribution in [3.8, 4) is 5.75 Å². The fraction of sp³-hybridized carbons (Fsp3) is 0.667. The van der Waals surface area contributed by atoms with Crippen molar-refractivity contribution in [1.82, 2.24) is 10.2 Å². The van der Waals surface area contributed by atoms with Crippen LogP contribution in [0.4, 0.5) is 0 Å². The lowest BCUT2D eigenvalue weighted by molar-refractivity contribution is -0.134. The van der Waals surface area contributed by atoms with Gasteiger partial charge < -0.3 is 24.8 Å². The Balaban J connectivity index is 1.66. The van der Waals surface area contributed by atoms with Gasteiger partial charge in [0.15, 0.2) is 0 Å². The van der Waals surface area contributed by atoms with Crippen LogP contribution in [0.1, 0.15) is 49.3 Å². The van der Waals surface area contributed by atoms with Crippen LogP contribution in [0.3, 0.4) is 0 Å². The summed E-state index contributed by atoms with van der Waals surface area (Å²) in [6.45, 7) is 1.80. The zero-order chi connectivity index (χ0) is 19.3. The monoisotopic (exact) mass is 376 g/mol. The van der Waals surface area contributed by atoms with Gasteiger partial charge in [0.1, 0.15) is 5.75 Å². The van der Waals surface area contributed by atoms with Crippen LogP contribution in [0.15, 0.2) is 18.2 Å². The van der Waals surface area contributed by atoms with E-state index in [1.54, 1.807) is 14.2 Å². The predicted octanol–water partition coefficient (Wildman–Crippen LogP) is 2.05. The average molecular weight is 376 g/mol. The van der Waals surface area contributed by atoms with Crippen molar-refractivity contribution in [2.24, 2.45) is 0 Å². The van der Waals surface area contributed by atoms with Crippen molar-refractivity contribution >= 4 is 5.91 Å². The maximum absolute atomic E-state index is 12.9. The summed E-state index contributed by atoms with van der Waals surface area (Å²) in [5.74, 6) is 0.838. The first kappa shape index (κ1) is 20.1. The highest BCUT2D eigenvalue weighted by molar-refractivity contribution is 5.79. The standard InChI is InChI=1S/C21H32N2O4/c1-26-14-17-20-16(7-6-8-18(20)27-2)9-12-23(17)19(24)13-22-15-21(25)10-4-3-5-11-21/h6-8,17,22,25H,3-5,9-15H2,1-2H3. The van der Waals surface area contributed by atoms with E-state index in [9.17, 15) is 9.90 Å². The second-order valence-corrected chi connectivity index (χ2v) is 7.73. The van der Waals surface area contributed by atoms with Crippen LogP contribution in [0, 0.1) is 0 Å². The molecule has 1 amide bonds. The number of rotatable bonds is 7. The van der Waals surface area contributed by atoms with Crippen LogP contribution in [-0.2, 0) is 16.0 Å². The molecule has 0 bridgehead atoms. The van der Waals surface area contributed by atoms with E-state index in [0.29, 0.717) is 19.7 Å². The van der Waals surface area contributed by atoms with Gasteiger partial charge in [-0.15, -0.1) is 0 Å². The van der Waals surface area contributed by atoms with Crippen LogP contribution < -0.4 is 10.1 Å². The van der Waals surface area contributed by atoms with Gasteiger partial charge in [-0.3, -0.25) is 4.79 Å². The Bertz CT molecular complexity index is 629. The van der Waals surface area contributed by atoms with E-state index in [2.05, 4.69) is 11.4 Å². The van der Waals surface area contributed by atoms with Crippen molar-refractivity contribution < 1.29 is 19.4 Å². The van der Waals surface area contributed by atoms with Gasteiger partial charge in [-0.1, -0.05) is 31.4 Å². The Hall–Kier alpha value is -1.63. The van der Waals surface area contributed by atoms with Crippen LogP contribution in [0.2, 0.25) is 0 Å². The van der Waals surface area contributed by atoms with E-state index in [-0.39, 0.29) is 18.5 Å². The molecule has 2 N–H and O–H groups in total. The molecule has 1 saturated carbocycles. The molecule has 6 nitrogen and oxygen atoms in total. The number of nitrogens with zero attached hydrogens (tertiary/aromatic N) is 1. The van der Waals surface area contributed by atoms with Gasteiger partial charge in [-0.2, -0.15) is 0 Å². The van der Waals surface area contributed by atoms with E-state index in [1.807, 2.05) is 17.0 Å². The van der Waals surface area contributed by atoms with Crippen LogP contribution >= 0.6 is 0 Å². The minimum absolute atomic E-state index is 0.0352. The number of fused-ring (bicyclic) bond motifs is 1. The summed E-state index contributed by atoms with van der Waals surface area (Å²) in [4.78, 5) is 14.8. The fourth-order valence-corrected chi connectivity index (χ4v) is 4.44. The summed E-state index contributed by atoms with van der Waals surface area (Å²) in [6, 6.07) is 5.87. The lowest BCUT2D eigenvalue weighted by Crippen LogP contribution is -2.49. The number of carbonyl (C=O) groups is 1. The molecule has 1 aliphatic carbocycles. The van der Waals surface area contributed by atoms with Crippen molar-refractivity contribution in [2.75, 3.05) is 40.5 Å². The summed E-state index contributed by atoms with van der Waals surface area (Å²) in [5, 5.41) is 13.8. The summed E-state index contributed by atoms with van der Waals surface area (Å²) in [7, 11) is 3.32. The Morgan fingerprint density at radius 2 is 2.07 bits per heavy atom. The number of nitrogens with one attached hydrogen (secondary N) is 1. The van der Waals surface area contributed by atoms with Crippen LogP contribution in [0.25, 0.3) is 0 Å². The smallest absolute Gasteiger partial charge is 0.237 e. The van der Waals surface area contributed by atoms with Gasteiger partial charge in [-0.25, -0.2) is 0 Å². The number of hydrogen-bond donors (Lipinski definition) is 2. The molecule has 0 saturated heterocycles. The van der Waals surface area contributed by atoms with Gasteiger partial charge in [-0.05, 0) is 30.9 Å². The first-order valence-corrected chi connectivity index (χ1v) is 9.95. The molecule has 0 spiro atoms. The zero-order valence-electron chi connectivity index (χ0n) is 16.5. The SMILES string of the molecule is COCC1c2c(cccc2OC)CCN1C(=O)CNCC1(O)CCCCC1. The minimum atomic E-state index is -0.665. The quantitative estimate of drug-likeness (QED) is 0.762. The third kappa shape index (κ3) is 4.62. The Morgan fingerprint density at radius 1 is 1.30 bits per heavy atom. The highest BCUT2D eigenvalue weighted by atomic mass is 16.5.